The molecule has 1 unspecified atom stereocenters. The molecule has 8 nitrogen and oxygen atoms in total. The Labute approximate surface area is 190 Å². The molecule has 0 spiro atoms. The highest BCUT2D eigenvalue weighted by atomic mass is 32.2. The molecule has 0 aliphatic carbocycles. The molecule has 174 valence electrons. The van der Waals surface area contributed by atoms with E-state index < -0.39 is 10.0 Å². The molecule has 3 rings (SSSR count). The number of nitrogens with one attached hydrogen (secondary N) is 2. The predicted molar refractivity (Wildman–Crippen MR) is 122 cm³/mol. The minimum atomic E-state index is -3.64. The molecule has 2 N–H and O–H groups in total. The number of carbonyl (C=O) groups excluding carboxylic acids is 1. The van der Waals surface area contributed by atoms with Gasteiger partial charge in [0, 0.05) is 38.9 Å². The standard InChI is InChI=1S/C23H31N3O5S/c1-18-3-5-19(6-4-18)22(17-26-12-15-31-16-13-26)25-23(27)20-7-9-21(10-8-20)32(28,29)24-11-14-30-2/h3-10,22,24H,11-17H2,1-2H3,(H,25,27). The zero-order valence-electron chi connectivity index (χ0n) is 18.5. The van der Waals surface area contributed by atoms with E-state index in [1.807, 2.05) is 31.2 Å². The summed E-state index contributed by atoms with van der Waals surface area (Å²) in [5.74, 6) is -0.250. The molecule has 1 saturated heterocycles. The summed E-state index contributed by atoms with van der Waals surface area (Å²) in [4.78, 5) is 15.4. The van der Waals surface area contributed by atoms with E-state index in [9.17, 15) is 13.2 Å². The van der Waals surface area contributed by atoms with Crippen molar-refractivity contribution in [1.82, 2.24) is 14.9 Å². The lowest BCUT2D eigenvalue weighted by Gasteiger charge is -2.31. The zero-order valence-corrected chi connectivity index (χ0v) is 19.4. The highest BCUT2D eigenvalue weighted by Crippen LogP contribution is 2.18. The van der Waals surface area contributed by atoms with Crippen LogP contribution in [0.1, 0.15) is 27.5 Å². The van der Waals surface area contributed by atoms with E-state index in [1.165, 1.54) is 31.4 Å². The fourth-order valence-corrected chi connectivity index (χ4v) is 4.48. The van der Waals surface area contributed by atoms with Gasteiger partial charge in [0.25, 0.3) is 5.91 Å². The van der Waals surface area contributed by atoms with Crippen molar-refractivity contribution in [2.24, 2.45) is 0 Å². The van der Waals surface area contributed by atoms with Gasteiger partial charge in [-0.25, -0.2) is 13.1 Å². The first kappa shape index (κ1) is 24.3. The van der Waals surface area contributed by atoms with Gasteiger partial charge in [-0.2, -0.15) is 0 Å². The molecule has 9 heteroatoms. The minimum Gasteiger partial charge on any atom is -0.383 e. The fraction of sp³-hybridized carbons (Fsp3) is 0.435. The number of sulfonamides is 1. The maximum absolute atomic E-state index is 13.0. The summed E-state index contributed by atoms with van der Waals surface area (Å²) < 4.78 is 37.4. The van der Waals surface area contributed by atoms with E-state index in [0.717, 1.165) is 24.2 Å². The molecule has 2 aromatic carbocycles. The summed E-state index contributed by atoms with van der Waals surface area (Å²) in [6, 6.07) is 13.9. The second kappa shape index (κ2) is 11.5. The van der Waals surface area contributed by atoms with Gasteiger partial charge in [0.2, 0.25) is 10.0 Å². The topological polar surface area (TPSA) is 97.0 Å². The average Bonchev–Trinajstić information content (AvgIpc) is 2.80. The Balaban J connectivity index is 1.71. The number of morpholine rings is 1. The second-order valence-electron chi connectivity index (χ2n) is 7.76. The number of aryl methyl sites for hydroxylation is 1. The van der Waals surface area contributed by atoms with Crippen LogP contribution >= 0.6 is 0 Å². The third-order valence-corrected chi connectivity index (χ3v) is 6.83. The van der Waals surface area contributed by atoms with Gasteiger partial charge in [0.05, 0.1) is 30.8 Å². The van der Waals surface area contributed by atoms with Crippen LogP contribution < -0.4 is 10.0 Å². The monoisotopic (exact) mass is 461 g/mol. The molecule has 0 radical (unpaired) electrons. The maximum Gasteiger partial charge on any atom is 0.251 e. The molecule has 1 fully saturated rings. The van der Waals surface area contributed by atoms with Gasteiger partial charge in [-0.05, 0) is 36.8 Å². The second-order valence-corrected chi connectivity index (χ2v) is 9.53. The van der Waals surface area contributed by atoms with Gasteiger partial charge in [-0.15, -0.1) is 0 Å². The summed E-state index contributed by atoms with van der Waals surface area (Å²) >= 11 is 0. The number of hydrogen-bond donors (Lipinski definition) is 2. The number of methoxy groups -OCH3 is 1. The van der Waals surface area contributed by atoms with Crippen LogP contribution in [0, 0.1) is 6.92 Å². The summed E-state index contributed by atoms with van der Waals surface area (Å²) in [6.07, 6.45) is 0. The summed E-state index contributed by atoms with van der Waals surface area (Å²) in [7, 11) is -2.14. The van der Waals surface area contributed by atoms with Crippen molar-refractivity contribution in [1.29, 1.82) is 0 Å². The SMILES string of the molecule is COCCNS(=O)(=O)c1ccc(C(=O)NC(CN2CCOCC2)c2ccc(C)cc2)cc1. The lowest BCUT2D eigenvalue weighted by atomic mass is 10.0. The van der Waals surface area contributed by atoms with Crippen LogP contribution in [0.5, 0.6) is 0 Å². The highest BCUT2D eigenvalue weighted by molar-refractivity contribution is 7.89. The van der Waals surface area contributed by atoms with Crippen molar-refractivity contribution in [3.8, 4) is 0 Å². The molecule has 1 aliphatic rings. The van der Waals surface area contributed by atoms with Gasteiger partial charge in [-0.3, -0.25) is 9.69 Å². The number of carbonyl (C=O) groups is 1. The predicted octanol–water partition coefficient (Wildman–Crippen LogP) is 1.72. The van der Waals surface area contributed by atoms with E-state index in [4.69, 9.17) is 9.47 Å². The van der Waals surface area contributed by atoms with Crippen molar-refractivity contribution in [3.05, 3.63) is 65.2 Å². The molecule has 0 bridgehead atoms. The zero-order chi connectivity index (χ0) is 23.0. The normalized spacial score (nSPS) is 15.9. The van der Waals surface area contributed by atoms with Crippen LogP contribution in [0.3, 0.4) is 0 Å². The Morgan fingerprint density at radius 3 is 2.38 bits per heavy atom. The molecule has 32 heavy (non-hydrogen) atoms. The quantitative estimate of drug-likeness (QED) is 0.523. The summed E-state index contributed by atoms with van der Waals surface area (Å²) in [6.45, 7) is 6.17. The van der Waals surface area contributed by atoms with E-state index in [-0.39, 0.29) is 30.0 Å². The van der Waals surface area contributed by atoms with E-state index in [2.05, 4.69) is 14.9 Å². The van der Waals surface area contributed by atoms with Gasteiger partial charge >= 0.3 is 0 Å². The van der Waals surface area contributed by atoms with Crippen LogP contribution in [0.25, 0.3) is 0 Å². The molecular weight excluding hydrogens is 430 g/mol. The van der Waals surface area contributed by atoms with E-state index >= 15 is 0 Å². The molecule has 1 aliphatic heterocycles. The molecular formula is C23H31N3O5S. The summed E-state index contributed by atoms with van der Waals surface area (Å²) in [5.41, 5.74) is 2.58. The molecule has 1 heterocycles. The largest absolute Gasteiger partial charge is 0.383 e. The van der Waals surface area contributed by atoms with Crippen LogP contribution in [0.2, 0.25) is 0 Å². The number of rotatable bonds is 10. The molecule has 1 atom stereocenters. The van der Waals surface area contributed by atoms with Gasteiger partial charge < -0.3 is 14.8 Å². The number of benzene rings is 2. The molecule has 1 amide bonds. The molecule has 0 aromatic heterocycles. The van der Waals surface area contributed by atoms with Crippen LogP contribution in [0.4, 0.5) is 0 Å². The van der Waals surface area contributed by atoms with Crippen molar-refractivity contribution in [2.45, 2.75) is 17.9 Å². The lowest BCUT2D eigenvalue weighted by molar-refractivity contribution is 0.0332. The number of nitrogens with zero attached hydrogens (tertiary/aromatic N) is 1. The average molecular weight is 462 g/mol. The maximum atomic E-state index is 13.0. The van der Waals surface area contributed by atoms with Crippen LogP contribution in [-0.4, -0.2) is 72.3 Å². The summed E-state index contributed by atoms with van der Waals surface area (Å²) in [5, 5.41) is 3.11. The number of ether oxygens (including phenoxy) is 2. The fourth-order valence-electron chi connectivity index (χ4n) is 3.46. The third-order valence-electron chi connectivity index (χ3n) is 5.35. The Hall–Kier alpha value is -2.30. The van der Waals surface area contributed by atoms with E-state index in [1.54, 1.807) is 0 Å². The Bertz CT molecular complexity index is 972. The first-order valence-electron chi connectivity index (χ1n) is 10.7. The minimum absolute atomic E-state index is 0.105. The van der Waals surface area contributed by atoms with Crippen molar-refractivity contribution in [2.75, 3.05) is 53.1 Å². The van der Waals surface area contributed by atoms with Crippen LogP contribution in [0.15, 0.2) is 53.4 Å². The Morgan fingerprint density at radius 2 is 1.75 bits per heavy atom. The lowest BCUT2D eigenvalue weighted by Crippen LogP contribution is -2.43. The first-order valence-corrected chi connectivity index (χ1v) is 12.1. The number of hydrogen-bond acceptors (Lipinski definition) is 6. The van der Waals surface area contributed by atoms with Crippen molar-refractivity contribution in [3.63, 3.8) is 0 Å². The van der Waals surface area contributed by atoms with Gasteiger partial charge in [-0.1, -0.05) is 29.8 Å². The third kappa shape index (κ3) is 6.85. The first-order chi connectivity index (χ1) is 15.4. The molecule has 0 saturated carbocycles. The highest BCUT2D eigenvalue weighted by Gasteiger charge is 2.21. The Morgan fingerprint density at radius 1 is 1.09 bits per heavy atom. The van der Waals surface area contributed by atoms with Crippen molar-refractivity contribution < 1.29 is 22.7 Å². The van der Waals surface area contributed by atoms with Gasteiger partial charge in [0.15, 0.2) is 0 Å². The number of amides is 1. The van der Waals surface area contributed by atoms with Gasteiger partial charge in [0.1, 0.15) is 0 Å². The molecule has 2 aromatic rings. The Kier molecular flexibility index (Phi) is 8.77. The van der Waals surface area contributed by atoms with Crippen molar-refractivity contribution >= 4 is 15.9 Å². The van der Waals surface area contributed by atoms with E-state index in [0.29, 0.717) is 25.3 Å². The van der Waals surface area contributed by atoms with Crippen LogP contribution in [-0.2, 0) is 19.5 Å². The smallest absolute Gasteiger partial charge is 0.251 e.